The number of carbonyl (C=O) groups is 1. The summed E-state index contributed by atoms with van der Waals surface area (Å²) in [7, 11) is 1.83. The average Bonchev–Trinajstić information content (AvgIpc) is 3.08. The Morgan fingerprint density at radius 2 is 2.22 bits per heavy atom. The van der Waals surface area contributed by atoms with Gasteiger partial charge in [0.25, 0.3) is 0 Å². The number of benzene rings is 1. The third-order valence-electron chi connectivity index (χ3n) is 4.18. The van der Waals surface area contributed by atoms with E-state index >= 15 is 0 Å². The third kappa shape index (κ3) is 3.42. The first-order chi connectivity index (χ1) is 11.0. The van der Waals surface area contributed by atoms with Crippen LogP contribution in [-0.4, -0.2) is 34.3 Å². The number of halogens is 1. The standard InChI is InChI=1S/C17H21FN4O/c1-12(9-13-5-3-4-6-15(13)18)20-16-7-8-22(17(16)23)14-10-19-21(2)11-14/h3-6,10-12,16,20H,7-9H2,1-2H3/t12-,16+/m0/s1. The highest BCUT2D eigenvalue weighted by molar-refractivity contribution is 5.99. The van der Waals surface area contributed by atoms with Gasteiger partial charge in [0.2, 0.25) is 5.91 Å². The van der Waals surface area contributed by atoms with Crippen molar-refractivity contribution in [3.05, 3.63) is 48.0 Å². The summed E-state index contributed by atoms with van der Waals surface area (Å²) in [6, 6.07) is 6.56. The van der Waals surface area contributed by atoms with Crippen molar-refractivity contribution in [1.29, 1.82) is 0 Å². The predicted octanol–water partition coefficient (Wildman–Crippen LogP) is 1.89. The molecule has 1 amide bonds. The summed E-state index contributed by atoms with van der Waals surface area (Å²) < 4.78 is 15.4. The number of nitrogens with zero attached hydrogens (tertiary/aromatic N) is 3. The minimum absolute atomic E-state index is 0.0229. The fourth-order valence-corrected chi connectivity index (χ4v) is 3.03. The van der Waals surface area contributed by atoms with Gasteiger partial charge >= 0.3 is 0 Å². The van der Waals surface area contributed by atoms with E-state index in [-0.39, 0.29) is 23.8 Å². The molecule has 1 saturated heterocycles. The van der Waals surface area contributed by atoms with E-state index < -0.39 is 0 Å². The molecule has 0 radical (unpaired) electrons. The smallest absolute Gasteiger partial charge is 0.244 e. The molecule has 1 aliphatic heterocycles. The second-order valence-electron chi connectivity index (χ2n) is 6.07. The molecule has 1 aromatic heterocycles. The van der Waals surface area contributed by atoms with Crippen LogP contribution in [0.2, 0.25) is 0 Å². The summed E-state index contributed by atoms with van der Waals surface area (Å²) in [5.74, 6) is -0.144. The molecule has 1 fully saturated rings. The topological polar surface area (TPSA) is 50.2 Å². The molecule has 5 nitrogen and oxygen atoms in total. The Kier molecular flexibility index (Phi) is 4.43. The first kappa shape index (κ1) is 15.7. The Labute approximate surface area is 135 Å². The van der Waals surface area contributed by atoms with Gasteiger partial charge in [-0.1, -0.05) is 18.2 Å². The van der Waals surface area contributed by atoms with Crippen molar-refractivity contribution in [3.8, 4) is 0 Å². The van der Waals surface area contributed by atoms with E-state index in [1.807, 2.05) is 26.2 Å². The molecule has 122 valence electrons. The lowest BCUT2D eigenvalue weighted by atomic mass is 10.1. The van der Waals surface area contributed by atoms with Crippen LogP contribution < -0.4 is 10.2 Å². The second-order valence-corrected chi connectivity index (χ2v) is 6.07. The number of nitrogens with one attached hydrogen (secondary N) is 1. The first-order valence-corrected chi connectivity index (χ1v) is 7.84. The van der Waals surface area contributed by atoms with Crippen LogP contribution in [0.5, 0.6) is 0 Å². The van der Waals surface area contributed by atoms with Crippen molar-refractivity contribution in [2.45, 2.75) is 31.8 Å². The van der Waals surface area contributed by atoms with E-state index in [2.05, 4.69) is 10.4 Å². The molecule has 1 aromatic carbocycles. The van der Waals surface area contributed by atoms with Crippen LogP contribution in [0.4, 0.5) is 10.1 Å². The van der Waals surface area contributed by atoms with E-state index in [0.29, 0.717) is 18.5 Å². The quantitative estimate of drug-likeness (QED) is 0.916. The number of carbonyl (C=O) groups excluding carboxylic acids is 1. The lowest BCUT2D eigenvalue weighted by molar-refractivity contribution is -0.119. The largest absolute Gasteiger partial charge is 0.308 e. The van der Waals surface area contributed by atoms with Gasteiger partial charge in [0.1, 0.15) is 5.82 Å². The molecule has 0 bridgehead atoms. The Balaban J connectivity index is 1.60. The molecule has 2 heterocycles. The number of amides is 1. The Morgan fingerprint density at radius 3 is 2.91 bits per heavy atom. The molecule has 0 spiro atoms. The lowest BCUT2D eigenvalue weighted by Gasteiger charge is -2.19. The van der Waals surface area contributed by atoms with Crippen molar-refractivity contribution in [1.82, 2.24) is 15.1 Å². The number of anilines is 1. The molecule has 2 atom stereocenters. The molecule has 1 N–H and O–H groups in total. The predicted molar refractivity (Wildman–Crippen MR) is 86.7 cm³/mol. The molecule has 0 aliphatic carbocycles. The Hall–Kier alpha value is -2.21. The van der Waals surface area contributed by atoms with Crippen LogP contribution in [0.3, 0.4) is 0 Å². The zero-order chi connectivity index (χ0) is 16.4. The van der Waals surface area contributed by atoms with E-state index in [4.69, 9.17) is 0 Å². The third-order valence-corrected chi connectivity index (χ3v) is 4.18. The molecule has 2 aromatic rings. The minimum atomic E-state index is -0.225. The van der Waals surface area contributed by atoms with Gasteiger partial charge in [0, 0.05) is 25.8 Å². The second kappa shape index (κ2) is 6.50. The summed E-state index contributed by atoms with van der Waals surface area (Å²) in [4.78, 5) is 14.3. The van der Waals surface area contributed by atoms with Crippen molar-refractivity contribution in [2.24, 2.45) is 7.05 Å². The molecule has 1 aliphatic rings. The molecule has 0 saturated carbocycles. The fourth-order valence-electron chi connectivity index (χ4n) is 3.03. The van der Waals surface area contributed by atoms with Gasteiger partial charge in [-0.15, -0.1) is 0 Å². The molecule has 3 rings (SSSR count). The van der Waals surface area contributed by atoms with Gasteiger partial charge in [0.15, 0.2) is 0 Å². The summed E-state index contributed by atoms with van der Waals surface area (Å²) in [5, 5.41) is 7.43. The summed E-state index contributed by atoms with van der Waals surface area (Å²) in [6.45, 7) is 2.65. The molecular weight excluding hydrogens is 295 g/mol. The monoisotopic (exact) mass is 316 g/mol. The maximum absolute atomic E-state index is 13.7. The normalized spacial score (nSPS) is 19.3. The summed E-state index contributed by atoms with van der Waals surface area (Å²) >= 11 is 0. The van der Waals surface area contributed by atoms with Crippen molar-refractivity contribution < 1.29 is 9.18 Å². The van der Waals surface area contributed by atoms with Gasteiger partial charge in [-0.25, -0.2) is 4.39 Å². The molecule has 0 unspecified atom stereocenters. The van der Waals surface area contributed by atoms with E-state index in [1.165, 1.54) is 6.07 Å². The first-order valence-electron chi connectivity index (χ1n) is 7.84. The highest BCUT2D eigenvalue weighted by Gasteiger charge is 2.33. The summed E-state index contributed by atoms with van der Waals surface area (Å²) in [6.07, 6.45) is 4.84. The van der Waals surface area contributed by atoms with E-state index in [9.17, 15) is 9.18 Å². The highest BCUT2D eigenvalue weighted by Crippen LogP contribution is 2.21. The number of hydrogen-bond acceptors (Lipinski definition) is 3. The van der Waals surface area contributed by atoms with Crippen LogP contribution in [0.1, 0.15) is 18.9 Å². The Bertz CT molecular complexity index is 699. The highest BCUT2D eigenvalue weighted by atomic mass is 19.1. The maximum Gasteiger partial charge on any atom is 0.244 e. The van der Waals surface area contributed by atoms with Crippen molar-refractivity contribution in [3.63, 3.8) is 0 Å². The van der Waals surface area contributed by atoms with Crippen LogP contribution in [0, 0.1) is 5.82 Å². The molecule has 23 heavy (non-hydrogen) atoms. The van der Waals surface area contributed by atoms with Gasteiger partial charge in [-0.05, 0) is 31.4 Å². The Morgan fingerprint density at radius 1 is 1.43 bits per heavy atom. The average molecular weight is 316 g/mol. The van der Waals surface area contributed by atoms with Gasteiger partial charge in [-0.3, -0.25) is 9.48 Å². The van der Waals surface area contributed by atoms with Gasteiger partial charge in [0.05, 0.1) is 17.9 Å². The van der Waals surface area contributed by atoms with Crippen molar-refractivity contribution >= 4 is 11.6 Å². The fraction of sp³-hybridized carbons (Fsp3) is 0.412. The number of rotatable bonds is 5. The number of aryl methyl sites for hydroxylation is 1. The number of hydrogen-bond donors (Lipinski definition) is 1. The van der Waals surface area contributed by atoms with Crippen LogP contribution in [0.25, 0.3) is 0 Å². The van der Waals surface area contributed by atoms with Crippen molar-refractivity contribution in [2.75, 3.05) is 11.4 Å². The maximum atomic E-state index is 13.7. The van der Waals surface area contributed by atoms with E-state index in [1.54, 1.807) is 27.9 Å². The van der Waals surface area contributed by atoms with Crippen LogP contribution in [-0.2, 0) is 18.3 Å². The van der Waals surface area contributed by atoms with Gasteiger partial charge in [-0.2, -0.15) is 5.10 Å². The lowest BCUT2D eigenvalue weighted by Crippen LogP contribution is -2.43. The van der Waals surface area contributed by atoms with Crippen LogP contribution in [0.15, 0.2) is 36.7 Å². The zero-order valence-electron chi connectivity index (χ0n) is 13.4. The van der Waals surface area contributed by atoms with E-state index in [0.717, 1.165) is 12.1 Å². The molecule has 6 heteroatoms. The van der Waals surface area contributed by atoms with Gasteiger partial charge < -0.3 is 10.2 Å². The summed E-state index contributed by atoms with van der Waals surface area (Å²) in [5.41, 5.74) is 1.49. The minimum Gasteiger partial charge on any atom is -0.308 e. The van der Waals surface area contributed by atoms with Crippen LogP contribution >= 0.6 is 0 Å². The molecular formula is C17H21FN4O. The SMILES string of the molecule is C[C@@H](Cc1ccccc1F)N[C@@H]1CCN(c2cnn(C)c2)C1=O. The zero-order valence-corrected chi connectivity index (χ0v) is 13.4. The number of aromatic nitrogens is 2.